The third kappa shape index (κ3) is 2.11. The van der Waals surface area contributed by atoms with Crippen LogP contribution in [0.5, 0.6) is 0 Å². The molecule has 0 aromatic heterocycles. The molecule has 0 bridgehead atoms. The molecule has 0 saturated carbocycles. The van der Waals surface area contributed by atoms with Crippen LogP contribution in [-0.4, -0.2) is 26.8 Å². The summed E-state index contributed by atoms with van der Waals surface area (Å²) in [4.78, 5) is 0. The zero-order valence-corrected chi connectivity index (χ0v) is 13.2. The van der Waals surface area contributed by atoms with Gasteiger partial charge in [0.1, 0.15) is 6.04 Å². The SMILES string of the molecule is C[C@@H]1C(c2ccc(Cl)cc2)=[N+]([O-])[C@](C)(c2ccccc2)N1O. The highest BCUT2D eigenvalue weighted by Crippen LogP contribution is 2.36. The number of rotatable bonds is 2. The number of nitrogens with zero attached hydrogens (tertiary/aromatic N) is 2. The smallest absolute Gasteiger partial charge is 0.274 e. The predicted octanol–water partition coefficient (Wildman–Crippen LogP) is 3.61. The summed E-state index contributed by atoms with van der Waals surface area (Å²) < 4.78 is 0.885. The summed E-state index contributed by atoms with van der Waals surface area (Å²) in [7, 11) is 0. The van der Waals surface area contributed by atoms with Gasteiger partial charge in [-0.1, -0.05) is 41.9 Å². The first kappa shape index (κ1) is 15.0. The van der Waals surface area contributed by atoms with Gasteiger partial charge in [-0.15, -0.1) is 5.06 Å². The summed E-state index contributed by atoms with van der Waals surface area (Å²) in [5.74, 6) is 0. The Labute approximate surface area is 134 Å². The fourth-order valence-corrected chi connectivity index (χ4v) is 3.10. The average molecular weight is 317 g/mol. The summed E-state index contributed by atoms with van der Waals surface area (Å²) in [5, 5.41) is 25.3. The van der Waals surface area contributed by atoms with E-state index in [1.165, 1.54) is 0 Å². The normalized spacial score (nSPS) is 25.7. The number of hydrogen-bond donors (Lipinski definition) is 1. The molecule has 2 atom stereocenters. The van der Waals surface area contributed by atoms with E-state index in [1.54, 1.807) is 31.2 Å². The molecule has 114 valence electrons. The van der Waals surface area contributed by atoms with Crippen molar-refractivity contribution in [2.24, 2.45) is 0 Å². The molecule has 1 N–H and O–H groups in total. The van der Waals surface area contributed by atoms with Crippen LogP contribution in [0.1, 0.15) is 25.0 Å². The average Bonchev–Trinajstić information content (AvgIpc) is 2.71. The van der Waals surface area contributed by atoms with Crippen molar-refractivity contribution in [3.8, 4) is 0 Å². The van der Waals surface area contributed by atoms with Crippen LogP contribution in [0.3, 0.4) is 0 Å². The van der Waals surface area contributed by atoms with E-state index in [2.05, 4.69) is 0 Å². The third-order valence-electron chi connectivity index (χ3n) is 4.28. The molecule has 0 amide bonds. The van der Waals surface area contributed by atoms with Crippen LogP contribution in [0, 0.1) is 5.21 Å². The van der Waals surface area contributed by atoms with Crippen molar-refractivity contribution in [2.45, 2.75) is 25.6 Å². The van der Waals surface area contributed by atoms with Gasteiger partial charge in [-0.05, 0) is 31.2 Å². The largest absolute Gasteiger partial charge is 0.622 e. The summed E-state index contributed by atoms with van der Waals surface area (Å²) >= 11 is 5.91. The lowest BCUT2D eigenvalue weighted by Gasteiger charge is -2.29. The predicted molar refractivity (Wildman–Crippen MR) is 86.1 cm³/mol. The van der Waals surface area contributed by atoms with E-state index >= 15 is 0 Å². The van der Waals surface area contributed by atoms with E-state index in [1.807, 2.05) is 37.3 Å². The van der Waals surface area contributed by atoms with Crippen molar-refractivity contribution in [1.82, 2.24) is 5.06 Å². The van der Waals surface area contributed by atoms with Crippen LogP contribution in [0.4, 0.5) is 0 Å². The Bertz CT molecular complexity index is 715. The van der Waals surface area contributed by atoms with Crippen LogP contribution < -0.4 is 0 Å². The highest BCUT2D eigenvalue weighted by Gasteiger charge is 2.54. The van der Waals surface area contributed by atoms with E-state index in [9.17, 15) is 10.4 Å². The van der Waals surface area contributed by atoms with Crippen LogP contribution >= 0.6 is 11.6 Å². The molecule has 0 saturated heterocycles. The van der Waals surface area contributed by atoms with Crippen molar-refractivity contribution in [3.63, 3.8) is 0 Å². The van der Waals surface area contributed by atoms with Gasteiger partial charge >= 0.3 is 0 Å². The molecule has 2 aromatic rings. The fraction of sp³-hybridized carbons (Fsp3) is 0.235. The first-order chi connectivity index (χ1) is 10.5. The second-order valence-corrected chi connectivity index (χ2v) is 6.03. The molecule has 1 aliphatic heterocycles. The Hall–Kier alpha value is -1.88. The van der Waals surface area contributed by atoms with Crippen molar-refractivity contribution < 1.29 is 9.95 Å². The maximum atomic E-state index is 13.0. The minimum absolute atomic E-state index is 0.427. The van der Waals surface area contributed by atoms with Gasteiger partial charge in [0.05, 0.1) is 0 Å². The Balaban J connectivity index is 2.16. The number of benzene rings is 2. The number of halogens is 1. The second kappa shape index (κ2) is 5.39. The molecule has 1 heterocycles. The Morgan fingerprint density at radius 1 is 1.14 bits per heavy atom. The lowest BCUT2D eigenvalue weighted by molar-refractivity contribution is -0.595. The lowest BCUT2D eigenvalue weighted by Crippen LogP contribution is -2.45. The molecule has 4 nitrogen and oxygen atoms in total. The van der Waals surface area contributed by atoms with Gasteiger partial charge < -0.3 is 10.4 Å². The molecule has 2 aromatic carbocycles. The van der Waals surface area contributed by atoms with Crippen LogP contribution in [0.2, 0.25) is 5.02 Å². The Morgan fingerprint density at radius 3 is 2.32 bits per heavy atom. The highest BCUT2D eigenvalue weighted by atomic mass is 35.5. The van der Waals surface area contributed by atoms with Gasteiger partial charge in [-0.2, -0.15) is 4.74 Å². The van der Waals surface area contributed by atoms with Gasteiger partial charge in [0.2, 0.25) is 5.71 Å². The van der Waals surface area contributed by atoms with Gasteiger partial charge in [0.25, 0.3) is 5.66 Å². The first-order valence-electron chi connectivity index (χ1n) is 7.10. The van der Waals surface area contributed by atoms with Crippen molar-refractivity contribution in [2.75, 3.05) is 0 Å². The van der Waals surface area contributed by atoms with Gasteiger partial charge in [-0.25, -0.2) is 0 Å². The molecule has 5 heteroatoms. The summed E-state index contributed by atoms with van der Waals surface area (Å²) in [5.41, 5.74) is 0.856. The molecule has 3 rings (SSSR count). The van der Waals surface area contributed by atoms with E-state index in [4.69, 9.17) is 11.6 Å². The van der Waals surface area contributed by atoms with Crippen LogP contribution in [0.15, 0.2) is 54.6 Å². The summed E-state index contributed by atoms with van der Waals surface area (Å²) in [6.45, 7) is 3.53. The Morgan fingerprint density at radius 2 is 1.73 bits per heavy atom. The van der Waals surface area contributed by atoms with Crippen LogP contribution in [0.25, 0.3) is 0 Å². The molecule has 0 aliphatic carbocycles. The minimum atomic E-state index is -1.16. The van der Waals surface area contributed by atoms with Crippen molar-refractivity contribution in [1.29, 1.82) is 0 Å². The van der Waals surface area contributed by atoms with Crippen molar-refractivity contribution >= 4 is 17.3 Å². The van der Waals surface area contributed by atoms with E-state index in [0.717, 1.165) is 20.9 Å². The number of hydroxylamine groups is 3. The molecule has 1 aliphatic rings. The quantitative estimate of drug-likeness (QED) is 0.680. The maximum absolute atomic E-state index is 13.0. The van der Waals surface area contributed by atoms with E-state index in [0.29, 0.717) is 10.7 Å². The first-order valence-corrected chi connectivity index (χ1v) is 7.48. The molecular weight excluding hydrogens is 300 g/mol. The van der Waals surface area contributed by atoms with Gasteiger partial charge in [0, 0.05) is 23.1 Å². The lowest BCUT2D eigenvalue weighted by atomic mass is 10.0. The summed E-state index contributed by atoms with van der Waals surface area (Å²) in [6.07, 6.45) is 0. The molecule has 22 heavy (non-hydrogen) atoms. The van der Waals surface area contributed by atoms with Gasteiger partial charge in [0.15, 0.2) is 0 Å². The fourth-order valence-electron chi connectivity index (χ4n) is 2.97. The van der Waals surface area contributed by atoms with Gasteiger partial charge in [-0.3, -0.25) is 0 Å². The zero-order valence-electron chi connectivity index (χ0n) is 12.4. The topological polar surface area (TPSA) is 49.5 Å². The second-order valence-electron chi connectivity index (χ2n) is 5.59. The molecule has 0 unspecified atom stereocenters. The van der Waals surface area contributed by atoms with E-state index in [-0.39, 0.29) is 0 Å². The maximum Gasteiger partial charge on any atom is 0.274 e. The zero-order chi connectivity index (χ0) is 15.9. The number of hydrogen-bond acceptors (Lipinski definition) is 3. The molecule has 0 fully saturated rings. The molecular formula is C17H17ClN2O2. The van der Waals surface area contributed by atoms with Crippen LogP contribution in [-0.2, 0) is 5.66 Å². The molecule has 0 radical (unpaired) electrons. The monoisotopic (exact) mass is 316 g/mol. The van der Waals surface area contributed by atoms with E-state index < -0.39 is 11.7 Å². The minimum Gasteiger partial charge on any atom is -0.622 e. The summed E-state index contributed by atoms with van der Waals surface area (Å²) in [6, 6.07) is 15.9. The molecule has 0 spiro atoms. The highest BCUT2D eigenvalue weighted by molar-refractivity contribution is 6.30. The van der Waals surface area contributed by atoms with Crippen molar-refractivity contribution in [3.05, 3.63) is 76.0 Å². The Kier molecular flexibility index (Phi) is 3.68. The standard InChI is InChI=1S/C17H17ClN2O2/c1-12-16(13-8-10-15(18)11-9-13)20(22)17(2,19(12)21)14-6-4-3-5-7-14/h3-12,21H,1-2H3/t12-,17-/m1/s1. The third-order valence-corrected chi connectivity index (χ3v) is 4.54.